The van der Waals surface area contributed by atoms with E-state index >= 15 is 0 Å². The Balaban J connectivity index is 1.33. The summed E-state index contributed by atoms with van der Waals surface area (Å²) >= 11 is 6.19. The minimum atomic E-state index is -1.07. The molecule has 1 aliphatic rings. The number of esters is 1. The summed E-state index contributed by atoms with van der Waals surface area (Å²) in [6, 6.07) is 26.8. The quantitative estimate of drug-likeness (QED) is 0.208. The molecule has 40 heavy (non-hydrogen) atoms. The maximum absolute atomic E-state index is 13.2. The van der Waals surface area contributed by atoms with Crippen molar-refractivity contribution < 1.29 is 28.9 Å². The van der Waals surface area contributed by atoms with Crippen LogP contribution in [-0.4, -0.2) is 49.2 Å². The molecule has 8 heteroatoms. The van der Waals surface area contributed by atoms with Crippen molar-refractivity contribution in [3.63, 3.8) is 0 Å². The van der Waals surface area contributed by atoms with Crippen LogP contribution in [0, 0.1) is 5.92 Å². The molecule has 0 saturated heterocycles. The standard InChI is InChI=1S/C32H32ClNO6/c1-21-27(31(35)36)29(25-14-9-15-26(33)20-25)28(22(2)34-21)32(37)40-19-17-38-16-18-39-30(23-10-5-3-6-11-23)24-12-7-4-8-13-24/h3-15,20,27,29-30H,16-19H2,1-2H3,(H,35,36). The van der Waals surface area contributed by atoms with Crippen LogP contribution in [0.15, 0.2) is 101 Å². The molecule has 0 aromatic heterocycles. The van der Waals surface area contributed by atoms with Crippen LogP contribution in [0.25, 0.3) is 0 Å². The fourth-order valence-electron chi connectivity index (χ4n) is 4.92. The number of hydrogen-bond donors (Lipinski definition) is 1. The van der Waals surface area contributed by atoms with Crippen molar-refractivity contribution in [3.8, 4) is 0 Å². The molecule has 0 radical (unpaired) electrons. The summed E-state index contributed by atoms with van der Waals surface area (Å²) < 4.78 is 17.3. The predicted octanol–water partition coefficient (Wildman–Crippen LogP) is 6.24. The number of carboxylic acids is 1. The van der Waals surface area contributed by atoms with Crippen LogP contribution in [0.1, 0.15) is 42.6 Å². The van der Waals surface area contributed by atoms with E-state index in [0.29, 0.717) is 35.2 Å². The number of hydrogen-bond acceptors (Lipinski definition) is 6. The molecule has 3 aromatic rings. The molecule has 0 bridgehead atoms. The molecule has 0 spiro atoms. The summed E-state index contributed by atoms with van der Waals surface area (Å²) in [5.74, 6) is -3.49. The van der Waals surface area contributed by atoms with Gasteiger partial charge in [0.15, 0.2) is 0 Å². The summed E-state index contributed by atoms with van der Waals surface area (Å²) in [5, 5.41) is 10.4. The lowest BCUT2D eigenvalue weighted by Crippen LogP contribution is -2.35. The third-order valence-electron chi connectivity index (χ3n) is 6.70. The third-order valence-corrected chi connectivity index (χ3v) is 6.93. The van der Waals surface area contributed by atoms with Crippen molar-refractivity contribution in [2.45, 2.75) is 25.9 Å². The number of nitrogens with zero attached hydrogens (tertiary/aromatic N) is 1. The van der Waals surface area contributed by atoms with Gasteiger partial charge in [-0.25, -0.2) is 4.79 Å². The summed E-state index contributed by atoms with van der Waals surface area (Å²) in [4.78, 5) is 29.7. The molecule has 4 rings (SSSR count). The monoisotopic (exact) mass is 561 g/mol. The minimum Gasteiger partial charge on any atom is -0.481 e. The van der Waals surface area contributed by atoms with Gasteiger partial charge < -0.3 is 19.3 Å². The minimum absolute atomic E-state index is 0.000880. The van der Waals surface area contributed by atoms with Gasteiger partial charge >= 0.3 is 11.9 Å². The van der Waals surface area contributed by atoms with Crippen molar-refractivity contribution in [2.24, 2.45) is 10.9 Å². The Morgan fingerprint density at radius 3 is 2.10 bits per heavy atom. The van der Waals surface area contributed by atoms with Gasteiger partial charge in [0, 0.05) is 22.3 Å². The van der Waals surface area contributed by atoms with Crippen molar-refractivity contribution in [3.05, 3.63) is 118 Å². The van der Waals surface area contributed by atoms with Crippen LogP contribution in [0.5, 0.6) is 0 Å². The highest BCUT2D eigenvalue weighted by molar-refractivity contribution is 6.30. The number of allylic oxidation sites excluding steroid dienone is 1. The molecule has 7 nitrogen and oxygen atoms in total. The lowest BCUT2D eigenvalue weighted by molar-refractivity contribution is -0.142. The highest BCUT2D eigenvalue weighted by atomic mass is 35.5. The first-order valence-corrected chi connectivity index (χ1v) is 13.4. The second-order valence-electron chi connectivity index (χ2n) is 9.42. The first kappa shape index (κ1) is 29.2. The number of carbonyl (C=O) groups is 2. The highest BCUT2D eigenvalue weighted by Gasteiger charge is 2.41. The number of carbonyl (C=O) groups excluding carboxylic acids is 1. The summed E-state index contributed by atoms with van der Waals surface area (Å²) in [7, 11) is 0. The Bertz CT molecular complexity index is 1330. The zero-order valence-electron chi connectivity index (χ0n) is 22.5. The maximum atomic E-state index is 13.2. The Morgan fingerprint density at radius 1 is 0.875 bits per heavy atom. The van der Waals surface area contributed by atoms with E-state index in [1.165, 1.54) is 0 Å². The van der Waals surface area contributed by atoms with Gasteiger partial charge in [-0.2, -0.15) is 0 Å². The first-order valence-electron chi connectivity index (χ1n) is 13.1. The molecule has 0 saturated carbocycles. The van der Waals surface area contributed by atoms with Crippen LogP contribution in [0.3, 0.4) is 0 Å². The third kappa shape index (κ3) is 7.24. The van der Waals surface area contributed by atoms with Gasteiger partial charge in [-0.1, -0.05) is 84.4 Å². The Labute approximate surface area is 239 Å². The topological polar surface area (TPSA) is 94.4 Å². The van der Waals surface area contributed by atoms with Crippen LogP contribution in [-0.2, 0) is 23.8 Å². The zero-order valence-corrected chi connectivity index (χ0v) is 23.2. The van der Waals surface area contributed by atoms with Crippen LogP contribution in [0.4, 0.5) is 0 Å². The van der Waals surface area contributed by atoms with Crippen LogP contribution < -0.4 is 0 Å². The lowest BCUT2D eigenvalue weighted by atomic mass is 9.75. The van der Waals surface area contributed by atoms with E-state index in [1.54, 1.807) is 38.1 Å². The summed E-state index contributed by atoms with van der Waals surface area (Å²) in [5.41, 5.74) is 3.75. The van der Waals surface area contributed by atoms with Crippen molar-refractivity contribution in [1.82, 2.24) is 0 Å². The highest BCUT2D eigenvalue weighted by Crippen LogP contribution is 2.40. The molecular weight excluding hydrogens is 530 g/mol. The summed E-state index contributed by atoms with van der Waals surface area (Å²) in [6.07, 6.45) is -0.223. The Kier molecular flexibility index (Phi) is 10.2. The molecule has 208 valence electrons. The molecule has 3 aromatic carbocycles. The van der Waals surface area contributed by atoms with Gasteiger partial charge in [0.25, 0.3) is 0 Å². The number of carboxylic acid groups (broad SMARTS) is 1. The van der Waals surface area contributed by atoms with E-state index in [1.807, 2.05) is 60.7 Å². The van der Waals surface area contributed by atoms with E-state index in [9.17, 15) is 14.7 Å². The number of aliphatic imine (C=N–C) groups is 1. The van der Waals surface area contributed by atoms with Crippen molar-refractivity contribution >= 4 is 29.3 Å². The second-order valence-corrected chi connectivity index (χ2v) is 9.86. The molecular formula is C32H32ClNO6. The van der Waals surface area contributed by atoms with Gasteiger partial charge in [-0.15, -0.1) is 0 Å². The van der Waals surface area contributed by atoms with Gasteiger partial charge in [-0.05, 0) is 42.7 Å². The molecule has 1 heterocycles. The Hall–Kier alpha value is -3.78. The number of aliphatic carboxylic acids is 1. The van der Waals surface area contributed by atoms with Crippen molar-refractivity contribution in [2.75, 3.05) is 26.4 Å². The zero-order chi connectivity index (χ0) is 28.5. The van der Waals surface area contributed by atoms with E-state index in [0.717, 1.165) is 11.1 Å². The smallest absolute Gasteiger partial charge is 0.336 e. The number of rotatable bonds is 12. The Morgan fingerprint density at radius 2 is 1.50 bits per heavy atom. The van der Waals surface area contributed by atoms with Crippen molar-refractivity contribution in [1.29, 1.82) is 0 Å². The van der Waals surface area contributed by atoms with Gasteiger partial charge in [0.2, 0.25) is 0 Å². The molecule has 1 N–H and O–H groups in total. The second kappa shape index (κ2) is 14.0. The average molecular weight is 562 g/mol. The fourth-order valence-corrected chi connectivity index (χ4v) is 5.12. The van der Waals surface area contributed by atoms with Gasteiger partial charge in [0.05, 0.1) is 25.4 Å². The molecule has 0 fully saturated rings. The summed E-state index contributed by atoms with van der Waals surface area (Å²) in [6.45, 7) is 4.15. The van der Waals surface area contributed by atoms with E-state index in [4.69, 9.17) is 25.8 Å². The molecule has 1 aliphatic heterocycles. The maximum Gasteiger partial charge on any atom is 0.336 e. The lowest BCUT2D eigenvalue weighted by Gasteiger charge is -2.30. The predicted molar refractivity (Wildman–Crippen MR) is 154 cm³/mol. The largest absolute Gasteiger partial charge is 0.481 e. The first-order chi connectivity index (χ1) is 19.4. The van der Waals surface area contributed by atoms with Crippen LogP contribution >= 0.6 is 11.6 Å². The van der Waals surface area contributed by atoms with Crippen LogP contribution in [0.2, 0.25) is 5.02 Å². The van der Waals surface area contributed by atoms with E-state index in [-0.39, 0.29) is 24.9 Å². The van der Waals surface area contributed by atoms with Gasteiger partial charge in [-0.3, -0.25) is 9.79 Å². The normalized spacial score (nSPS) is 17.1. The average Bonchev–Trinajstić information content (AvgIpc) is 2.94. The van der Waals surface area contributed by atoms with E-state index in [2.05, 4.69) is 4.99 Å². The number of benzene rings is 3. The molecule has 0 aliphatic carbocycles. The number of halogens is 1. The fraction of sp³-hybridized carbons (Fsp3) is 0.281. The molecule has 0 amide bonds. The number of ether oxygens (including phenoxy) is 3. The SMILES string of the molecule is CC1=NC(C)=C(C(=O)OCCOCCOC(c2ccccc2)c2ccccc2)C(c2cccc(Cl)c2)C1C(=O)O. The van der Waals surface area contributed by atoms with E-state index < -0.39 is 23.8 Å². The molecule has 2 atom stereocenters. The molecule has 2 unspecified atom stereocenters. The van der Waals surface area contributed by atoms with Gasteiger partial charge in [0.1, 0.15) is 18.6 Å².